The lowest BCUT2D eigenvalue weighted by atomic mass is 9.94. The maximum atomic E-state index is 5.95. The normalized spacial score (nSPS) is 29.9. The number of hydrogen-bond donors (Lipinski definition) is 1. The van der Waals surface area contributed by atoms with Crippen LogP contribution in [0.3, 0.4) is 0 Å². The van der Waals surface area contributed by atoms with Crippen molar-refractivity contribution in [3.8, 4) is 5.75 Å². The van der Waals surface area contributed by atoms with Gasteiger partial charge in [-0.3, -0.25) is 0 Å². The first-order valence-electron chi connectivity index (χ1n) is 8.15. The number of para-hydroxylation sites is 1. The molecule has 20 heavy (non-hydrogen) atoms. The van der Waals surface area contributed by atoms with Crippen molar-refractivity contribution < 1.29 is 4.74 Å². The molecule has 2 nitrogen and oxygen atoms in total. The standard InChI is InChI=1S/C18H27NO/c1-12(2)20-18-7-5-4-6-16(18)13(3)19-17-11-14-8-9-15(17)10-14/h4-7,12-15,17,19H,8-11H2,1-3H3. The molecule has 110 valence electrons. The van der Waals surface area contributed by atoms with Gasteiger partial charge >= 0.3 is 0 Å². The molecule has 2 bridgehead atoms. The molecule has 2 aliphatic carbocycles. The molecule has 2 heteroatoms. The van der Waals surface area contributed by atoms with E-state index in [2.05, 4.69) is 50.4 Å². The summed E-state index contributed by atoms with van der Waals surface area (Å²) in [7, 11) is 0. The average Bonchev–Trinajstić information content (AvgIpc) is 3.00. The van der Waals surface area contributed by atoms with Crippen LogP contribution in [0.2, 0.25) is 0 Å². The molecule has 0 heterocycles. The Bertz CT molecular complexity index is 456. The summed E-state index contributed by atoms with van der Waals surface area (Å²) >= 11 is 0. The zero-order valence-corrected chi connectivity index (χ0v) is 12.9. The van der Waals surface area contributed by atoms with Gasteiger partial charge in [-0.1, -0.05) is 24.6 Å². The largest absolute Gasteiger partial charge is 0.491 e. The molecule has 0 aromatic heterocycles. The van der Waals surface area contributed by atoms with Crippen molar-refractivity contribution in [1.29, 1.82) is 0 Å². The molecule has 4 atom stereocenters. The molecule has 3 rings (SSSR count). The number of rotatable bonds is 5. The first-order valence-corrected chi connectivity index (χ1v) is 8.15. The van der Waals surface area contributed by atoms with Gasteiger partial charge in [0.25, 0.3) is 0 Å². The molecule has 2 aliphatic rings. The van der Waals surface area contributed by atoms with Gasteiger partial charge in [0, 0.05) is 17.6 Å². The number of hydrogen-bond acceptors (Lipinski definition) is 2. The van der Waals surface area contributed by atoms with Crippen LogP contribution in [-0.2, 0) is 0 Å². The molecule has 0 aliphatic heterocycles. The van der Waals surface area contributed by atoms with Gasteiger partial charge < -0.3 is 10.1 Å². The lowest BCUT2D eigenvalue weighted by molar-refractivity contribution is 0.236. The van der Waals surface area contributed by atoms with E-state index in [0.29, 0.717) is 6.04 Å². The minimum Gasteiger partial charge on any atom is -0.491 e. The Morgan fingerprint density at radius 3 is 2.55 bits per heavy atom. The summed E-state index contributed by atoms with van der Waals surface area (Å²) in [6, 6.07) is 9.55. The van der Waals surface area contributed by atoms with Crippen molar-refractivity contribution in [2.45, 2.75) is 64.6 Å². The van der Waals surface area contributed by atoms with E-state index in [1.54, 1.807) is 0 Å². The van der Waals surface area contributed by atoms with Crippen LogP contribution >= 0.6 is 0 Å². The second-order valence-electron chi connectivity index (χ2n) is 6.87. The molecule has 0 saturated heterocycles. The summed E-state index contributed by atoms with van der Waals surface area (Å²) in [5.74, 6) is 2.94. The minimum absolute atomic E-state index is 0.228. The lowest BCUT2D eigenvalue weighted by Crippen LogP contribution is -2.35. The van der Waals surface area contributed by atoms with Crippen LogP contribution < -0.4 is 10.1 Å². The Kier molecular flexibility index (Phi) is 4.02. The van der Waals surface area contributed by atoms with Crippen molar-refractivity contribution in [2.75, 3.05) is 0 Å². The van der Waals surface area contributed by atoms with Gasteiger partial charge in [0.2, 0.25) is 0 Å². The smallest absolute Gasteiger partial charge is 0.124 e. The summed E-state index contributed by atoms with van der Waals surface area (Å²) in [5, 5.41) is 3.86. The van der Waals surface area contributed by atoms with Gasteiger partial charge in [-0.25, -0.2) is 0 Å². The lowest BCUT2D eigenvalue weighted by Gasteiger charge is -2.28. The molecule has 4 unspecified atom stereocenters. The molecule has 1 N–H and O–H groups in total. The van der Waals surface area contributed by atoms with E-state index in [1.807, 2.05) is 0 Å². The summed E-state index contributed by atoms with van der Waals surface area (Å²) in [4.78, 5) is 0. The Morgan fingerprint density at radius 1 is 1.10 bits per heavy atom. The Labute approximate surface area is 122 Å². The number of fused-ring (bicyclic) bond motifs is 2. The molecule has 1 aromatic rings. The number of nitrogens with one attached hydrogen (secondary N) is 1. The van der Waals surface area contributed by atoms with Crippen LogP contribution in [0, 0.1) is 11.8 Å². The SMILES string of the molecule is CC(C)Oc1ccccc1C(C)NC1CC2CCC1C2. The zero-order chi connectivity index (χ0) is 14.1. The van der Waals surface area contributed by atoms with E-state index in [0.717, 1.165) is 23.6 Å². The fraction of sp³-hybridized carbons (Fsp3) is 0.667. The Morgan fingerprint density at radius 2 is 1.90 bits per heavy atom. The molecule has 2 fully saturated rings. The second kappa shape index (κ2) is 5.77. The number of benzene rings is 1. The van der Waals surface area contributed by atoms with Gasteiger partial charge in [0.15, 0.2) is 0 Å². The zero-order valence-electron chi connectivity index (χ0n) is 12.9. The molecule has 2 saturated carbocycles. The topological polar surface area (TPSA) is 21.3 Å². The third-order valence-corrected chi connectivity index (χ3v) is 4.95. The Balaban J connectivity index is 1.69. The highest BCUT2D eigenvalue weighted by Crippen LogP contribution is 2.45. The monoisotopic (exact) mass is 273 g/mol. The van der Waals surface area contributed by atoms with E-state index < -0.39 is 0 Å². The van der Waals surface area contributed by atoms with Crippen molar-refractivity contribution in [1.82, 2.24) is 5.32 Å². The maximum Gasteiger partial charge on any atom is 0.124 e. The average molecular weight is 273 g/mol. The van der Waals surface area contributed by atoms with Crippen LogP contribution in [0.25, 0.3) is 0 Å². The maximum absolute atomic E-state index is 5.95. The van der Waals surface area contributed by atoms with E-state index in [4.69, 9.17) is 4.74 Å². The van der Waals surface area contributed by atoms with Gasteiger partial charge in [0.05, 0.1) is 6.10 Å². The van der Waals surface area contributed by atoms with Crippen LogP contribution in [-0.4, -0.2) is 12.1 Å². The van der Waals surface area contributed by atoms with Crippen LogP contribution in [0.15, 0.2) is 24.3 Å². The first-order chi connectivity index (χ1) is 9.63. The van der Waals surface area contributed by atoms with Crippen molar-refractivity contribution >= 4 is 0 Å². The molecule has 0 amide bonds. The predicted octanol–water partition coefficient (Wildman–Crippen LogP) is 4.31. The number of ether oxygens (including phenoxy) is 1. The van der Waals surface area contributed by atoms with Crippen molar-refractivity contribution in [3.05, 3.63) is 29.8 Å². The fourth-order valence-electron chi connectivity index (χ4n) is 4.06. The van der Waals surface area contributed by atoms with E-state index in [1.165, 1.54) is 31.2 Å². The Hall–Kier alpha value is -1.02. The van der Waals surface area contributed by atoms with E-state index in [9.17, 15) is 0 Å². The van der Waals surface area contributed by atoms with Crippen LogP contribution in [0.4, 0.5) is 0 Å². The summed E-state index contributed by atoms with van der Waals surface area (Å²) in [6.45, 7) is 6.45. The summed E-state index contributed by atoms with van der Waals surface area (Å²) < 4.78 is 5.95. The third kappa shape index (κ3) is 2.85. The highest BCUT2D eigenvalue weighted by atomic mass is 16.5. The highest BCUT2D eigenvalue weighted by Gasteiger charge is 2.39. The molecule has 1 aromatic carbocycles. The predicted molar refractivity (Wildman–Crippen MR) is 83.0 cm³/mol. The van der Waals surface area contributed by atoms with Gasteiger partial charge in [0.1, 0.15) is 5.75 Å². The van der Waals surface area contributed by atoms with Gasteiger partial charge in [-0.05, 0) is 57.9 Å². The fourth-order valence-corrected chi connectivity index (χ4v) is 4.06. The molecule has 0 spiro atoms. The quantitative estimate of drug-likeness (QED) is 0.863. The van der Waals surface area contributed by atoms with Gasteiger partial charge in [-0.15, -0.1) is 0 Å². The molecule has 0 radical (unpaired) electrons. The molecular weight excluding hydrogens is 246 g/mol. The van der Waals surface area contributed by atoms with Crippen molar-refractivity contribution in [3.63, 3.8) is 0 Å². The summed E-state index contributed by atoms with van der Waals surface area (Å²) in [6.07, 6.45) is 5.95. The molecular formula is C18H27NO. The first kappa shape index (κ1) is 13.9. The van der Waals surface area contributed by atoms with Crippen molar-refractivity contribution in [2.24, 2.45) is 11.8 Å². The van der Waals surface area contributed by atoms with E-state index >= 15 is 0 Å². The third-order valence-electron chi connectivity index (χ3n) is 4.95. The van der Waals surface area contributed by atoms with Crippen LogP contribution in [0.5, 0.6) is 5.75 Å². The second-order valence-corrected chi connectivity index (χ2v) is 6.87. The summed E-state index contributed by atoms with van der Waals surface area (Å²) in [5.41, 5.74) is 1.30. The highest BCUT2D eigenvalue weighted by molar-refractivity contribution is 5.36. The minimum atomic E-state index is 0.228. The van der Waals surface area contributed by atoms with Gasteiger partial charge in [-0.2, -0.15) is 0 Å². The van der Waals surface area contributed by atoms with Crippen LogP contribution in [0.1, 0.15) is 58.1 Å². The van der Waals surface area contributed by atoms with E-state index in [-0.39, 0.29) is 6.10 Å².